The molecular weight excluding hydrogens is 424 g/mol. The Balaban J connectivity index is 1.12. The fourth-order valence-electron chi connectivity index (χ4n) is 4.79. The second-order valence-corrected chi connectivity index (χ2v) is 8.73. The highest BCUT2D eigenvalue weighted by atomic mass is 16.5. The number of esters is 1. The molecule has 33 heavy (non-hydrogen) atoms. The van der Waals surface area contributed by atoms with Crippen molar-refractivity contribution >= 4 is 12.0 Å². The predicted molar refractivity (Wildman–Crippen MR) is 117 cm³/mol. The van der Waals surface area contributed by atoms with Crippen molar-refractivity contribution in [1.82, 2.24) is 39.9 Å². The van der Waals surface area contributed by atoms with Crippen LogP contribution in [0.2, 0.25) is 0 Å². The highest BCUT2D eigenvalue weighted by Gasteiger charge is 2.37. The van der Waals surface area contributed by atoms with E-state index in [2.05, 4.69) is 31.5 Å². The Bertz CT molecular complexity index is 1030. The summed E-state index contributed by atoms with van der Waals surface area (Å²) in [6.07, 6.45) is 7.15. The number of hydrogen-bond donors (Lipinski definition) is 0. The molecule has 2 fully saturated rings. The molecule has 174 valence electrons. The van der Waals surface area contributed by atoms with Gasteiger partial charge in [-0.05, 0) is 54.7 Å². The topological polar surface area (TPSA) is 110 Å². The lowest BCUT2D eigenvalue weighted by Crippen LogP contribution is -2.55. The summed E-state index contributed by atoms with van der Waals surface area (Å²) in [5, 5.41) is 11.1. The van der Waals surface area contributed by atoms with E-state index in [4.69, 9.17) is 4.74 Å². The van der Waals surface area contributed by atoms with Crippen LogP contribution in [0.4, 0.5) is 4.79 Å². The maximum atomic E-state index is 13.2. The van der Waals surface area contributed by atoms with Crippen molar-refractivity contribution in [2.24, 2.45) is 0 Å². The van der Waals surface area contributed by atoms with Gasteiger partial charge in [-0.15, -0.1) is 5.10 Å². The molecule has 2 aromatic heterocycles. The van der Waals surface area contributed by atoms with E-state index in [0.29, 0.717) is 17.9 Å². The van der Waals surface area contributed by atoms with Crippen LogP contribution in [0, 0.1) is 0 Å². The number of carbonyl (C=O) groups excluding carboxylic acids is 2. The lowest BCUT2D eigenvalue weighted by Gasteiger charge is -2.43. The van der Waals surface area contributed by atoms with E-state index >= 15 is 0 Å². The first-order valence-corrected chi connectivity index (χ1v) is 11.5. The lowest BCUT2D eigenvalue weighted by molar-refractivity contribution is -0.136. The molecule has 0 spiro atoms. The van der Waals surface area contributed by atoms with Crippen molar-refractivity contribution < 1.29 is 14.3 Å². The third kappa shape index (κ3) is 4.45. The molecule has 0 saturated carbocycles. The second-order valence-electron chi connectivity index (χ2n) is 8.73. The molecule has 2 saturated heterocycles. The van der Waals surface area contributed by atoms with Gasteiger partial charge in [0, 0.05) is 45.0 Å². The number of pyridine rings is 1. The molecular formula is C22H28N8O3. The van der Waals surface area contributed by atoms with E-state index in [0.717, 1.165) is 57.6 Å². The molecule has 5 heterocycles. The quantitative estimate of drug-likeness (QED) is 0.598. The van der Waals surface area contributed by atoms with Crippen LogP contribution in [-0.4, -0.2) is 97.3 Å². The van der Waals surface area contributed by atoms with Gasteiger partial charge in [0.05, 0.1) is 11.3 Å². The van der Waals surface area contributed by atoms with Gasteiger partial charge in [-0.3, -0.25) is 4.90 Å². The van der Waals surface area contributed by atoms with Crippen LogP contribution < -0.4 is 0 Å². The van der Waals surface area contributed by atoms with Crippen LogP contribution in [-0.2, 0) is 16.0 Å². The van der Waals surface area contributed by atoms with Crippen molar-refractivity contribution in [3.63, 3.8) is 0 Å². The van der Waals surface area contributed by atoms with Crippen molar-refractivity contribution in [2.45, 2.75) is 38.6 Å². The minimum atomic E-state index is -0.316. The summed E-state index contributed by atoms with van der Waals surface area (Å²) in [5.41, 5.74) is 2.46. The number of cyclic esters (lactones) is 1. The normalized spacial score (nSPS) is 20.6. The number of amides is 2. The Morgan fingerprint density at radius 3 is 2.64 bits per heavy atom. The molecule has 3 aliphatic rings. The first-order valence-electron chi connectivity index (χ1n) is 11.5. The second kappa shape index (κ2) is 9.26. The average Bonchev–Trinajstić information content (AvgIpc) is 3.50. The predicted octanol–water partition coefficient (Wildman–Crippen LogP) is 1.02. The summed E-state index contributed by atoms with van der Waals surface area (Å²) in [6, 6.07) is 4.24. The zero-order chi connectivity index (χ0) is 22.8. The molecule has 11 nitrogen and oxygen atoms in total. The van der Waals surface area contributed by atoms with E-state index in [9.17, 15) is 9.59 Å². The number of urea groups is 1. The molecule has 11 heteroatoms. The highest BCUT2D eigenvalue weighted by molar-refractivity contribution is 5.92. The molecule has 0 radical (unpaired) electrons. The zero-order valence-corrected chi connectivity index (χ0v) is 18.8. The van der Waals surface area contributed by atoms with Gasteiger partial charge in [0.1, 0.15) is 12.9 Å². The Morgan fingerprint density at radius 2 is 1.97 bits per heavy atom. The van der Waals surface area contributed by atoms with Gasteiger partial charge in [-0.25, -0.2) is 14.6 Å². The number of ether oxygens (including phenoxy) is 1. The SMILES string of the molecule is CC1=C(N2CCCN(C3CCN(CCc4ccc(-n5cnnn5)nc4)CC3)C2=O)COC1=O. The third-order valence-corrected chi connectivity index (χ3v) is 6.77. The number of rotatable bonds is 6. The fraction of sp³-hybridized carbons (Fsp3) is 0.545. The van der Waals surface area contributed by atoms with Crippen LogP contribution in [0.3, 0.4) is 0 Å². The van der Waals surface area contributed by atoms with Gasteiger partial charge < -0.3 is 14.5 Å². The summed E-state index contributed by atoms with van der Waals surface area (Å²) in [5.74, 6) is 0.382. The zero-order valence-electron chi connectivity index (χ0n) is 18.8. The molecule has 0 aliphatic carbocycles. The van der Waals surface area contributed by atoms with Crippen LogP contribution >= 0.6 is 0 Å². The lowest BCUT2D eigenvalue weighted by atomic mass is 10.0. The number of aromatic nitrogens is 5. The molecule has 3 aliphatic heterocycles. The van der Waals surface area contributed by atoms with Gasteiger partial charge in [-0.1, -0.05) is 6.07 Å². The van der Waals surface area contributed by atoms with Crippen molar-refractivity contribution in [3.05, 3.63) is 41.5 Å². The Morgan fingerprint density at radius 1 is 1.12 bits per heavy atom. The summed E-state index contributed by atoms with van der Waals surface area (Å²) in [7, 11) is 0. The molecule has 0 unspecified atom stereocenters. The number of hydrogen-bond acceptors (Lipinski definition) is 8. The number of likely N-dealkylation sites (tertiary alicyclic amines) is 1. The number of carbonyl (C=O) groups is 2. The van der Waals surface area contributed by atoms with Gasteiger partial charge in [0.15, 0.2) is 5.82 Å². The van der Waals surface area contributed by atoms with E-state index in [1.807, 2.05) is 17.2 Å². The van der Waals surface area contributed by atoms with Crippen LogP contribution in [0.25, 0.3) is 5.82 Å². The van der Waals surface area contributed by atoms with E-state index in [-0.39, 0.29) is 24.6 Å². The molecule has 5 rings (SSSR count). The monoisotopic (exact) mass is 452 g/mol. The van der Waals surface area contributed by atoms with Gasteiger partial charge >= 0.3 is 12.0 Å². The van der Waals surface area contributed by atoms with Crippen LogP contribution in [0.1, 0.15) is 31.7 Å². The van der Waals surface area contributed by atoms with Gasteiger partial charge in [-0.2, -0.15) is 4.68 Å². The summed E-state index contributed by atoms with van der Waals surface area (Å²) < 4.78 is 6.65. The number of nitrogens with zero attached hydrogens (tertiary/aromatic N) is 8. The van der Waals surface area contributed by atoms with Crippen molar-refractivity contribution in [1.29, 1.82) is 0 Å². The minimum Gasteiger partial charge on any atom is -0.456 e. The molecule has 0 N–H and O–H groups in total. The molecule has 0 atom stereocenters. The minimum absolute atomic E-state index is 0.0149. The first kappa shape index (κ1) is 21.5. The van der Waals surface area contributed by atoms with Crippen molar-refractivity contribution in [3.8, 4) is 5.82 Å². The number of tetrazole rings is 1. The standard InChI is InChI=1S/C22H28N8O3/c1-16-19(14-33-21(16)31)29-9-2-8-28(22(29)32)18-6-11-27(12-7-18)10-5-17-3-4-20(23-13-17)30-15-24-25-26-30/h3-4,13,15,18H,2,5-12,14H2,1H3. The van der Waals surface area contributed by atoms with Gasteiger partial charge in [0.25, 0.3) is 0 Å². The molecule has 2 aromatic rings. The Labute approximate surface area is 192 Å². The highest BCUT2D eigenvalue weighted by Crippen LogP contribution is 2.27. The first-order chi connectivity index (χ1) is 16.1. The van der Waals surface area contributed by atoms with Gasteiger partial charge in [0.2, 0.25) is 0 Å². The van der Waals surface area contributed by atoms with Crippen molar-refractivity contribution in [2.75, 3.05) is 39.3 Å². The molecule has 0 bridgehead atoms. The third-order valence-electron chi connectivity index (χ3n) is 6.77. The van der Waals surface area contributed by atoms with E-state index in [1.165, 1.54) is 16.6 Å². The van der Waals surface area contributed by atoms with Crippen LogP contribution in [0.5, 0.6) is 0 Å². The van der Waals surface area contributed by atoms with Crippen LogP contribution in [0.15, 0.2) is 35.9 Å². The average molecular weight is 453 g/mol. The smallest absolute Gasteiger partial charge is 0.336 e. The fourth-order valence-corrected chi connectivity index (χ4v) is 4.79. The summed E-state index contributed by atoms with van der Waals surface area (Å²) >= 11 is 0. The maximum absolute atomic E-state index is 13.2. The number of piperidine rings is 1. The largest absolute Gasteiger partial charge is 0.456 e. The Kier molecular flexibility index (Phi) is 6.03. The molecule has 0 aromatic carbocycles. The Hall–Kier alpha value is -3.34. The summed E-state index contributed by atoms with van der Waals surface area (Å²) in [4.78, 5) is 35.6. The maximum Gasteiger partial charge on any atom is 0.336 e. The summed E-state index contributed by atoms with van der Waals surface area (Å²) in [6.45, 7) is 6.27. The van der Waals surface area contributed by atoms with E-state index in [1.54, 1.807) is 11.8 Å². The molecule has 2 amide bonds. The van der Waals surface area contributed by atoms with E-state index < -0.39 is 0 Å².